The molecule has 0 saturated carbocycles. The molecule has 0 saturated heterocycles. The topological polar surface area (TPSA) is 0 Å². The smallest absolute Gasteiger partial charge is 0 e. The van der Waals surface area contributed by atoms with E-state index < -0.39 is 0 Å². The van der Waals surface area contributed by atoms with Crippen molar-refractivity contribution in [2.75, 3.05) is 0 Å². The van der Waals surface area contributed by atoms with Crippen LogP contribution in [0.1, 0.15) is 0 Å². The normalized spacial score (nSPS) is 0. The Bertz CT molecular complexity index is 6.00. The van der Waals surface area contributed by atoms with Crippen LogP contribution in [-0.4, -0.2) is 0 Å². The molecule has 0 fully saturated rings. The molecular formula is H2Cl2TmYb. The van der Waals surface area contributed by atoms with E-state index in [1.165, 1.54) is 0 Å². The fourth-order valence-corrected chi connectivity index (χ4v) is 0. The summed E-state index contributed by atoms with van der Waals surface area (Å²) in [6.45, 7) is 0. The number of halogens is 2. The van der Waals surface area contributed by atoms with Crippen molar-refractivity contribution in [2.45, 2.75) is 0 Å². The molecule has 0 bridgehead atoms. The maximum absolute atomic E-state index is 0. The Labute approximate surface area is 106 Å². The van der Waals surface area contributed by atoms with Gasteiger partial charge < -0.3 is 0 Å². The first-order valence-electron chi connectivity index (χ1n) is 0. The van der Waals surface area contributed by atoms with Crippen molar-refractivity contribution >= 4 is 24.8 Å². The Morgan fingerprint density at radius 3 is 0.750 bits per heavy atom. The molecule has 4 heteroatoms. The van der Waals surface area contributed by atoms with E-state index in [0.717, 1.165) is 0 Å². The van der Waals surface area contributed by atoms with E-state index in [1.54, 1.807) is 0 Å². The molecular weight excluding hydrogens is 413 g/mol. The van der Waals surface area contributed by atoms with Gasteiger partial charge in [0.25, 0.3) is 0 Å². The van der Waals surface area contributed by atoms with E-state index in [2.05, 4.69) is 0 Å². The van der Waals surface area contributed by atoms with Crippen molar-refractivity contribution in [2.24, 2.45) is 0 Å². The molecule has 0 aromatic carbocycles. The van der Waals surface area contributed by atoms with Gasteiger partial charge in [-0.05, 0) is 0 Å². The Hall–Kier alpha value is 3.33. The number of hydrogen-bond acceptors (Lipinski definition) is 0. The van der Waals surface area contributed by atoms with E-state index in [1.807, 2.05) is 0 Å². The summed E-state index contributed by atoms with van der Waals surface area (Å²) < 4.78 is 0. The number of rotatable bonds is 0. The minimum atomic E-state index is 0. The second kappa shape index (κ2) is 16.2. The molecule has 1 radical (unpaired) electrons. The van der Waals surface area contributed by atoms with Crippen molar-refractivity contribution in [1.29, 1.82) is 0 Å². The molecule has 0 nitrogen and oxygen atoms in total. The van der Waals surface area contributed by atoms with Crippen LogP contribution in [0.2, 0.25) is 0 Å². The summed E-state index contributed by atoms with van der Waals surface area (Å²) >= 11 is 0. The molecule has 4 heavy (non-hydrogen) atoms. The molecule has 0 aliphatic carbocycles. The van der Waals surface area contributed by atoms with E-state index in [0.29, 0.717) is 0 Å². The Kier molecular flexibility index (Phi) is 107. The molecule has 0 rings (SSSR count). The summed E-state index contributed by atoms with van der Waals surface area (Å²) in [5.41, 5.74) is 0. The molecule has 0 N–H and O–H groups in total. The summed E-state index contributed by atoms with van der Waals surface area (Å²) in [7, 11) is 0. The van der Waals surface area contributed by atoms with Gasteiger partial charge in [-0.3, -0.25) is 0 Å². The van der Waals surface area contributed by atoms with Gasteiger partial charge in [0, 0.05) is 83.8 Å². The second-order valence-electron chi connectivity index (χ2n) is 0. The van der Waals surface area contributed by atoms with E-state index in [9.17, 15) is 0 Å². The van der Waals surface area contributed by atoms with Gasteiger partial charge >= 0.3 is 0 Å². The second-order valence-corrected chi connectivity index (χ2v) is 0. The van der Waals surface area contributed by atoms with Gasteiger partial charge in [-0.2, -0.15) is 0 Å². The molecule has 0 unspecified atom stereocenters. The quantitative estimate of drug-likeness (QED) is 0.551. The Balaban J connectivity index is 0. The first-order valence-corrected chi connectivity index (χ1v) is 0. The average molecular weight is 415 g/mol. The molecule has 0 aromatic rings. The predicted octanol–water partition coefficient (Wildman–Crippen LogP) is 0.844. The average Bonchev–Trinajstić information content (AvgIpc) is 0. The van der Waals surface area contributed by atoms with Gasteiger partial charge in [0.2, 0.25) is 0 Å². The van der Waals surface area contributed by atoms with Crippen molar-refractivity contribution in [3.63, 3.8) is 0 Å². The van der Waals surface area contributed by atoms with Crippen LogP contribution >= 0.6 is 24.8 Å². The molecule has 0 aromatic heterocycles. The zero-order valence-electron chi connectivity index (χ0n) is 1.36. The van der Waals surface area contributed by atoms with Crippen LogP contribution in [0.25, 0.3) is 0 Å². The first-order chi connectivity index (χ1) is 0. The third-order valence-electron chi connectivity index (χ3n) is 0. The third kappa shape index (κ3) is 9.01. The van der Waals surface area contributed by atoms with Crippen LogP contribution in [0.15, 0.2) is 0 Å². The molecule has 0 spiro atoms. The Morgan fingerprint density at radius 2 is 0.750 bits per heavy atom. The fourth-order valence-electron chi connectivity index (χ4n) is 0. The van der Waals surface area contributed by atoms with Crippen LogP contribution in [0.3, 0.4) is 0 Å². The zero-order valence-corrected chi connectivity index (χ0v) is 6.49. The monoisotopic (exact) mass is 415 g/mol. The summed E-state index contributed by atoms with van der Waals surface area (Å²) in [6.07, 6.45) is 0. The summed E-state index contributed by atoms with van der Waals surface area (Å²) in [5.74, 6) is 0. The Morgan fingerprint density at radius 1 is 0.750 bits per heavy atom. The van der Waals surface area contributed by atoms with Gasteiger partial charge in [0.05, 0.1) is 0 Å². The van der Waals surface area contributed by atoms with Crippen molar-refractivity contribution < 1.29 is 83.8 Å². The van der Waals surface area contributed by atoms with Crippen LogP contribution < -0.4 is 0 Å². The van der Waals surface area contributed by atoms with E-state index >= 15 is 0 Å². The summed E-state index contributed by atoms with van der Waals surface area (Å²) in [5, 5.41) is 0. The SMILES string of the molecule is Cl.Cl.[Tm].[Yb]. The van der Waals surface area contributed by atoms with E-state index in [-0.39, 0.29) is 109 Å². The van der Waals surface area contributed by atoms with Gasteiger partial charge in [0.1, 0.15) is 0 Å². The first kappa shape index (κ1) is 26.5. The number of hydrogen-bond donors (Lipinski definition) is 0. The van der Waals surface area contributed by atoms with Gasteiger partial charge in [-0.15, -0.1) is 24.8 Å². The summed E-state index contributed by atoms with van der Waals surface area (Å²) in [4.78, 5) is 0. The predicted molar refractivity (Wildman–Crippen MR) is 14.5 cm³/mol. The molecule has 0 amide bonds. The minimum absolute atomic E-state index is 0. The molecule has 0 aliphatic heterocycles. The largest absolute Gasteiger partial charge is 0.147 e. The maximum Gasteiger partial charge on any atom is 0 e. The molecule has 0 heterocycles. The minimum Gasteiger partial charge on any atom is -0.147 e. The standard InChI is InChI=1S/2ClH.Tm.Yb/h2*1H;;. The van der Waals surface area contributed by atoms with Gasteiger partial charge in [-0.1, -0.05) is 0 Å². The van der Waals surface area contributed by atoms with Crippen molar-refractivity contribution in [3.8, 4) is 0 Å². The fraction of sp³-hybridized carbons (Fsp3) is 0. The maximum atomic E-state index is 0. The van der Waals surface area contributed by atoms with Gasteiger partial charge in [0.15, 0.2) is 0 Å². The summed E-state index contributed by atoms with van der Waals surface area (Å²) in [6, 6.07) is 0. The van der Waals surface area contributed by atoms with Crippen LogP contribution in [0.5, 0.6) is 0 Å². The van der Waals surface area contributed by atoms with Crippen molar-refractivity contribution in [1.82, 2.24) is 0 Å². The van der Waals surface area contributed by atoms with Crippen LogP contribution in [0, 0.1) is 83.8 Å². The molecule has 43 valence electrons. The van der Waals surface area contributed by atoms with Crippen molar-refractivity contribution in [3.05, 3.63) is 0 Å². The zero-order chi connectivity index (χ0) is 0. The van der Waals surface area contributed by atoms with E-state index in [4.69, 9.17) is 0 Å². The molecule has 0 aliphatic rings. The molecule has 0 atom stereocenters. The van der Waals surface area contributed by atoms with Crippen LogP contribution in [-0.2, 0) is 0 Å². The third-order valence-corrected chi connectivity index (χ3v) is 0. The van der Waals surface area contributed by atoms with Gasteiger partial charge in [-0.25, -0.2) is 0 Å². The van der Waals surface area contributed by atoms with Crippen LogP contribution in [0.4, 0.5) is 0 Å².